The van der Waals surface area contributed by atoms with Gasteiger partial charge in [0.1, 0.15) is 0 Å². The van der Waals surface area contributed by atoms with Crippen LogP contribution < -0.4 is 0 Å². The monoisotopic (exact) mass is 706 g/mol. The highest BCUT2D eigenvalue weighted by atomic mass is 28.4. The smallest absolute Gasteiger partial charge is 0.330 e. The van der Waals surface area contributed by atoms with Crippen molar-refractivity contribution >= 4 is 30.9 Å². The standard InChI is InChI=1S/C39H74O5Si3/c1-21-41-36(40)26-25-32(4)27-30(2)23-22-24-31(3)28-34(43-46(17,18)38(9,10)11)35(44-47(19,20)39(12,13)14)29-33(5)42-45(15,16)37(6,7)8/h22-28,33-35H,21,29H2,1-20H3/b24-22?,26-25+,30-23+,31-28?,32-27+/t33-,34+,35+/m1/s1. The third-order valence-electron chi connectivity index (χ3n) is 10.1. The SMILES string of the molecule is CCOC(=O)/C=C/C(C)=C/C(C)=C/C=CC(C)=C[C@H](O[Si](C)(C)C(C)(C)C)[C@H](C[C@@H](C)O[Si](C)(C)C(C)(C)C)O[Si](C)(C)C(C)(C)C. The Balaban J connectivity index is 6.73. The Morgan fingerprint density at radius 3 is 1.60 bits per heavy atom. The van der Waals surface area contributed by atoms with Gasteiger partial charge in [-0.2, -0.15) is 0 Å². The van der Waals surface area contributed by atoms with E-state index < -0.39 is 25.0 Å². The summed E-state index contributed by atoms with van der Waals surface area (Å²) in [6.45, 7) is 45.2. The zero-order chi connectivity index (χ0) is 37.2. The van der Waals surface area contributed by atoms with E-state index in [1.807, 2.05) is 6.92 Å². The van der Waals surface area contributed by atoms with Gasteiger partial charge in [0.15, 0.2) is 25.0 Å². The number of rotatable bonds is 16. The fraction of sp³-hybridized carbons (Fsp3) is 0.718. The summed E-state index contributed by atoms with van der Waals surface area (Å²) in [5, 5.41) is 0.250. The molecule has 0 unspecified atom stereocenters. The minimum absolute atomic E-state index is 0.0407. The van der Waals surface area contributed by atoms with E-state index in [4.69, 9.17) is 18.0 Å². The lowest BCUT2D eigenvalue weighted by atomic mass is 10.0. The highest BCUT2D eigenvalue weighted by Gasteiger charge is 2.45. The third-order valence-corrected chi connectivity index (χ3v) is 23.7. The van der Waals surface area contributed by atoms with Gasteiger partial charge < -0.3 is 18.0 Å². The summed E-state index contributed by atoms with van der Waals surface area (Å²) < 4.78 is 26.4. The van der Waals surface area contributed by atoms with Crippen molar-refractivity contribution in [1.82, 2.24) is 0 Å². The normalized spacial score (nSPS) is 17.4. The molecule has 8 heteroatoms. The second-order valence-electron chi connectivity index (χ2n) is 17.8. The van der Waals surface area contributed by atoms with Gasteiger partial charge in [0, 0.05) is 12.2 Å². The van der Waals surface area contributed by atoms with Crippen molar-refractivity contribution in [1.29, 1.82) is 0 Å². The molecule has 0 aliphatic carbocycles. The maximum Gasteiger partial charge on any atom is 0.330 e. The molecule has 0 aliphatic rings. The molecular formula is C39H74O5Si3. The number of hydrogen-bond acceptors (Lipinski definition) is 5. The number of hydrogen-bond donors (Lipinski definition) is 0. The Bertz CT molecular complexity index is 1150. The first kappa shape index (κ1) is 45.7. The summed E-state index contributed by atoms with van der Waals surface area (Å²) in [6.07, 6.45) is 14.4. The average Bonchev–Trinajstić information content (AvgIpc) is 2.84. The molecule has 0 bridgehead atoms. The van der Waals surface area contributed by atoms with Crippen LogP contribution in [0.15, 0.2) is 59.3 Å². The van der Waals surface area contributed by atoms with Crippen molar-refractivity contribution in [3.8, 4) is 0 Å². The second kappa shape index (κ2) is 18.1. The predicted molar refractivity (Wildman–Crippen MR) is 213 cm³/mol. The number of carbonyl (C=O) groups excluding carboxylic acids is 1. The average molecular weight is 707 g/mol. The van der Waals surface area contributed by atoms with Crippen LogP contribution in [0.3, 0.4) is 0 Å². The highest BCUT2D eigenvalue weighted by molar-refractivity contribution is 6.75. The topological polar surface area (TPSA) is 54.0 Å². The summed E-state index contributed by atoms with van der Waals surface area (Å²) in [5.41, 5.74) is 3.20. The summed E-state index contributed by atoms with van der Waals surface area (Å²) >= 11 is 0. The van der Waals surface area contributed by atoms with Crippen LogP contribution in [-0.2, 0) is 22.8 Å². The largest absolute Gasteiger partial charge is 0.463 e. The second-order valence-corrected chi connectivity index (χ2v) is 32.1. The molecule has 0 spiro atoms. The Morgan fingerprint density at radius 2 is 1.13 bits per heavy atom. The zero-order valence-electron chi connectivity index (χ0n) is 34.2. The quantitative estimate of drug-likeness (QED) is 0.0692. The molecule has 0 saturated carbocycles. The first-order chi connectivity index (χ1) is 21.0. The molecule has 0 aliphatic heterocycles. The third kappa shape index (κ3) is 16.3. The van der Waals surface area contributed by atoms with Crippen molar-refractivity contribution in [2.24, 2.45) is 0 Å². The van der Waals surface area contributed by atoms with E-state index in [-0.39, 0.29) is 39.4 Å². The van der Waals surface area contributed by atoms with Crippen LogP contribution in [-0.4, -0.2) is 55.8 Å². The van der Waals surface area contributed by atoms with Gasteiger partial charge in [-0.1, -0.05) is 115 Å². The van der Waals surface area contributed by atoms with Gasteiger partial charge in [-0.25, -0.2) is 4.79 Å². The predicted octanol–water partition coefficient (Wildman–Crippen LogP) is 12.1. The fourth-order valence-corrected chi connectivity index (χ4v) is 8.16. The van der Waals surface area contributed by atoms with Gasteiger partial charge in [-0.3, -0.25) is 0 Å². The van der Waals surface area contributed by atoms with Crippen LogP contribution in [0.2, 0.25) is 54.4 Å². The maximum absolute atomic E-state index is 11.7. The van der Waals surface area contributed by atoms with E-state index in [1.165, 1.54) is 6.08 Å². The van der Waals surface area contributed by atoms with E-state index in [2.05, 4.69) is 153 Å². The van der Waals surface area contributed by atoms with E-state index in [9.17, 15) is 4.79 Å². The summed E-state index contributed by atoms with van der Waals surface area (Å²) in [4.78, 5) is 11.7. The van der Waals surface area contributed by atoms with Crippen LogP contribution in [0.1, 0.15) is 103 Å². The van der Waals surface area contributed by atoms with Crippen LogP contribution >= 0.6 is 0 Å². The van der Waals surface area contributed by atoms with Gasteiger partial charge in [0.25, 0.3) is 0 Å². The number of ether oxygens (including phenoxy) is 1. The van der Waals surface area contributed by atoms with Crippen molar-refractivity contribution in [2.75, 3.05) is 6.61 Å². The lowest BCUT2D eigenvalue weighted by molar-refractivity contribution is -0.137. The molecule has 0 N–H and O–H groups in total. The number of esters is 1. The van der Waals surface area contributed by atoms with Crippen LogP contribution in [0, 0.1) is 0 Å². The number of allylic oxidation sites excluding steroid dienone is 8. The molecule has 0 aromatic heterocycles. The van der Waals surface area contributed by atoms with Crippen molar-refractivity contribution in [3.05, 3.63) is 59.3 Å². The van der Waals surface area contributed by atoms with E-state index >= 15 is 0 Å². The highest BCUT2D eigenvalue weighted by Crippen LogP contribution is 2.42. The fourth-order valence-electron chi connectivity index (χ4n) is 4.11. The molecule has 0 heterocycles. The van der Waals surface area contributed by atoms with Crippen LogP contribution in [0.4, 0.5) is 0 Å². The van der Waals surface area contributed by atoms with E-state index in [0.29, 0.717) is 6.61 Å². The van der Waals surface area contributed by atoms with Crippen LogP contribution in [0.5, 0.6) is 0 Å². The molecule has 272 valence electrons. The molecule has 0 aromatic rings. The van der Waals surface area contributed by atoms with Gasteiger partial charge in [-0.05, 0) is 95.4 Å². The maximum atomic E-state index is 11.7. The molecule has 0 saturated heterocycles. The summed E-state index contributed by atoms with van der Waals surface area (Å²) in [7, 11) is -6.28. The van der Waals surface area contributed by atoms with Gasteiger partial charge in [-0.15, -0.1) is 0 Å². The Morgan fingerprint density at radius 1 is 0.660 bits per heavy atom. The minimum Gasteiger partial charge on any atom is -0.463 e. The van der Waals surface area contributed by atoms with Crippen molar-refractivity contribution in [3.63, 3.8) is 0 Å². The van der Waals surface area contributed by atoms with E-state index in [0.717, 1.165) is 23.1 Å². The Labute approximate surface area is 294 Å². The lowest BCUT2D eigenvalue weighted by Crippen LogP contribution is -2.52. The molecule has 0 radical (unpaired) electrons. The lowest BCUT2D eigenvalue weighted by Gasteiger charge is -2.46. The minimum atomic E-state index is -2.16. The van der Waals surface area contributed by atoms with E-state index in [1.54, 1.807) is 13.0 Å². The molecule has 5 nitrogen and oxygen atoms in total. The zero-order valence-corrected chi connectivity index (χ0v) is 37.2. The van der Waals surface area contributed by atoms with Gasteiger partial charge in [0.2, 0.25) is 0 Å². The molecule has 0 rings (SSSR count). The summed E-state index contributed by atoms with van der Waals surface area (Å²) in [6, 6.07) is 0. The molecule has 0 aromatic carbocycles. The van der Waals surface area contributed by atoms with Crippen molar-refractivity contribution < 1.29 is 22.8 Å². The molecule has 3 atom stereocenters. The van der Waals surface area contributed by atoms with Gasteiger partial charge >= 0.3 is 5.97 Å². The van der Waals surface area contributed by atoms with Crippen LogP contribution in [0.25, 0.3) is 0 Å². The Hall–Kier alpha value is -1.30. The molecular weight excluding hydrogens is 633 g/mol. The first-order valence-electron chi connectivity index (χ1n) is 17.6. The number of carbonyl (C=O) groups is 1. The molecule has 0 fully saturated rings. The van der Waals surface area contributed by atoms with Crippen molar-refractivity contribution in [2.45, 2.75) is 176 Å². The Kier molecular flexibility index (Phi) is 17.6. The molecule has 0 amide bonds. The first-order valence-corrected chi connectivity index (χ1v) is 26.3. The van der Waals surface area contributed by atoms with Gasteiger partial charge in [0.05, 0.1) is 18.8 Å². The summed E-state index contributed by atoms with van der Waals surface area (Å²) in [5.74, 6) is -0.325. The molecule has 47 heavy (non-hydrogen) atoms.